The van der Waals surface area contributed by atoms with E-state index in [0.29, 0.717) is 5.92 Å². The highest BCUT2D eigenvalue weighted by Gasteiger charge is 2.36. The van der Waals surface area contributed by atoms with Gasteiger partial charge in [0.2, 0.25) is 0 Å². The van der Waals surface area contributed by atoms with E-state index in [4.69, 9.17) is 4.74 Å². The maximum Gasteiger partial charge on any atom is 0.251 e. The predicted molar refractivity (Wildman–Crippen MR) is 110 cm³/mol. The van der Waals surface area contributed by atoms with Crippen LogP contribution in [0.15, 0.2) is 24.4 Å². The fourth-order valence-electron chi connectivity index (χ4n) is 3.22. The molecule has 2 rings (SSSR count). The lowest BCUT2D eigenvalue weighted by atomic mass is 9.97. The maximum atomic E-state index is 12.4. The minimum Gasteiger partial charge on any atom is -0.369 e. The number of aromatic nitrogens is 1. The molecule has 0 radical (unpaired) electrons. The third-order valence-electron chi connectivity index (χ3n) is 4.96. The van der Waals surface area contributed by atoms with Crippen molar-refractivity contribution < 1.29 is 9.53 Å². The molecular formula is C19H33Cl2N3O2. The third kappa shape index (κ3) is 7.03. The molecule has 0 aliphatic carbocycles. The van der Waals surface area contributed by atoms with E-state index >= 15 is 0 Å². The minimum atomic E-state index is -0.780. The van der Waals surface area contributed by atoms with E-state index in [2.05, 4.69) is 28.2 Å². The number of carbonyl (C=O) groups is 1. The van der Waals surface area contributed by atoms with Gasteiger partial charge < -0.3 is 15.0 Å². The van der Waals surface area contributed by atoms with Gasteiger partial charge in [-0.25, -0.2) is 0 Å². The molecule has 1 aliphatic heterocycles. The van der Waals surface area contributed by atoms with Crippen molar-refractivity contribution in [3.63, 3.8) is 0 Å². The summed E-state index contributed by atoms with van der Waals surface area (Å²) in [7, 11) is 1.58. The molecule has 0 bridgehead atoms. The molecule has 5 nitrogen and oxygen atoms in total. The maximum absolute atomic E-state index is 12.4. The van der Waals surface area contributed by atoms with Gasteiger partial charge in [-0.3, -0.25) is 9.78 Å². The van der Waals surface area contributed by atoms with Crippen molar-refractivity contribution in [2.45, 2.75) is 51.7 Å². The Morgan fingerprint density at radius 1 is 1.35 bits per heavy atom. The summed E-state index contributed by atoms with van der Waals surface area (Å²) in [5.74, 6) is 0.484. The average molecular weight is 406 g/mol. The Kier molecular flexibility index (Phi) is 11.4. The van der Waals surface area contributed by atoms with Crippen LogP contribution >= 0.6 is 24.8 Å². The van der Waals surface area contributed by atoms with Crippen molar-refractivity contribution in [1.29, 1.82) is 0 Å². The molecule has 1 saturated heterocycles. The lowest BCUT2D eigenvalue weighted by Crippen LogP contribution is -2.50. The number of carbonyl (C=O) groups excluding carboxylic acids is 1. The molecule has 0 unspecified atom stereocenters. The van der Waals surface area contributed by atoms with Crippen LogP contribution in [0.4, 0.5) is 0 Å². The first-order valence-electron chi connectivity index (χ1n) is 8.94. The Morgan fingerprint density at radius 2 is 2.08 bits per heavy atom. The Morgan fingerprint density at radius 3 is 2.65 bits per heavy atom. The topological polar surface area (TPSA) is 54.5 Å². The second kappa shape index (κ2) is 11.8. The van der Waals surface area contributed by atoms with Gasteiger partial charge in [-0.2, -0.15) is 0 Å². The summed E-state index contributed by atoms with van der Waals surface area (Å²) in [5, 5.41) is 3.21. The summed E-state index contributed by atoms with van der Waals surface area (Å²) in [4.78, 5) is 19.3. The number of halogens is 2. The predicted octanol–water partition coefficient (Wildman–Crippen LogP) is 3.11. The number of rotatable bonds is 8. The van der Waals surface area contributed by atoms with Crippen molar-refractivity contribution in [2.75, 3.05) is 26.7 Å². The molecule has 1 amide bonds. The summed E-state index contributed by atoms with van der Waals surface area (Å²) < 4.78 is 5.30. The zero-order valence-electron chi connectivity index (χ0n) is 16.2. The number of hydrogen-bond acceptors (Lipinski definition) is 4. The molecule has 1 aromatic rings. The van der Waals surface area contributed by atoms with Crippen LogP contribution in [0.2, 0.25) is 0 Å². The van der Waals surface area contributed by atoms with Crippen LogP contribution in [0.25, 0.3) is 0 Å². The van der Waals surface area contributed by atoms with E-state index < -0.39 is 5.60 Å². The first kappa shape index (κ1) is 25.1. The van der Waals surface area contributed by atoms with E-state index in [1.165, 1.54) is 0 Å². The lowest BCUT2D eigenvalue weighted by Gasteiger charge is -2.26. The van der Waals surface area contributed by atoms with E-state index in [9.17, 15) is 4.79 Å². The highest BCUT2D eigenvalue weighted by Crippen LogP contribution is 2.23. The molecule has 2 heterocycles. The van der Waals surface area contributed by atoms with Crippen molar-refractivity contribution in [1.82, 2.24) is 15.2 Å². The van der Waals surface area contributed by atoms with Gasteiger partial charge in [0.05, 0.1) is 0 Å². The zero-order chi connectivity index (χ0) is 17.6. The smallest absolute Gasteiger partial charge is 0.251 e. The zero-order valence-corrected chi connectivity index (χ0v) is 17.9. The van der Waals surface area contributed by atoms with Crippen LogP contribution in [-0.2, 0) is 16.0 Å². The summed E-state index contributed by atoms with van der Waals surface area (Å²) >= 11 is 0. The molecule has 26 heavy (non-hydrogen) atoms. The van der Waals surface area contributed by atoms with Crippen LogP contribution in [0, 0.1) is 5.92 Å². The number of amides is 1. The molecule has 2 atom stereocenters. The molecule has 0 aromatic carbocycles. The van der Waals surface area contributed by atoms with E-state index in [1.807, 2.05) is 32.2 Å². The first-order valence-corrected chi connectivity index (χ1v) is 8.94. The van der Waals surface area contributed by atoms with Gasteiger partial charge in [-0.05, 0) is 38.3 Å². The monoisotopic (exact) mass is 405 g/mol. The fourth-order valence-corrected chi connectivity index (χ4v) is 3.22. The Labute approximate surface area is 170 Å². The molecule has 1 aromatic heterocycles. The van der Waals surface area contributed by atoms with Crippen LogP contribution in [0.1, 0.15) is 39.3 Å². The van der Waals surface area contributed by atoms with Crippen molar-refractivity contribution in [2.24, 2.45) is 5.92 Å². The largest absolute Gasteiger partial charge is 0.369 e. The fraction of sp³-hybridized carbons (Fsp3) is 0.684. The molecule has 150 valence electrons. The highest BCUT2D eigenvalue weighted by atomic mass is 35.5. The van der Waals surface area contributed by atoms with E-state index in [-0.39, 0.29) is 36.8 Å². The summed E-state index contributed by atoms with van der Waals surface area (Å²) in [6, 6.07) is 6.25. The second-order valence-corrected chi connectivity index (χ2v) is 7.17. The lowest BCUT2D eigenvalue weighted by molar-refractivity contribution is -0.140. The quantitative estimate of drug-likeness (QED) is 0.721. The number of likely N-dealkylation sites (tertiary alicyclic amines) is 1. The van der Waals surface area contributed by atoms with Gasteiger partial charge >= 0.3 is 0 Å². The minimum absolute atomic E-state index is 0. The Balaban J connectivity index is 0.00000312. The second-order valence-electron chi connectivity index (χ2n) is 7.17. The molecule has 0 spiro atoms. The van der Waals surface area contributed by atoms with Crippen molar-refractivity contribution in [3.05, 3.63) is 30.1 Å². The van der Waals surface area contributed by atoms with Gasteiger partial charge in [-0.15, -0.1) is 24.8 Å². The number of hydrogen-bond donors (Lipinski definition) is 1. The molecule has 0 saturated carbocycles. The summed E-state index contributed by atoms with van der Waals surface area (Å²) in [6.45, 7) is 8.75. The van der Waals surface area contributed by atoms with Gasteiger partial charge in [0, 0.05) is 51.1 Å². The molecular weight excluding hydrogens is 373 g/mol. The Hall–Kier alpha value is -0.880. The third-order valence-corrected chi connectivity index (χ3v) is 4.96. The van der Waals surface area contributed by atoms with Gasteiger partial charge in [0.1, 0.15) is 5.60 Å². The number of methoxy groups -OCH3 is 1. The van der Waals surface area contributed by atoms with Crippen molar-refractivity contribution >= 4 is 30.7 Å². The standard InChI is InChI=1S/C19H31N3O2.2ClH/c1-5-8-15-13-22(12-10-16-9-6-7-11-20-16)14-17(15)21-18(23)19(2,3)24-4;;/h6-7,9,11,15,17H,5,8,10,12-14H2,1-4H3,(H,21,23);2*1H/t15-,17-;;/m0../s1. The van der Waals surface area contributed by atoms with E-state index in [1.54, 1.807) is 7.11 Å². The number of pyridine rings is 1. The molecule has 1 aliphatic rings. The van der Waals surface area contributed by atoms with Crippen LogP contribution in [0.3, 0.4) is 0 Å². The first-order chi connectivity index (χ1) is 11.5. The molecule has 1 fully saturated rings. The summed E-state index contributed by atoms with van der Waals surface area (Å²) in [5.41, 5.74) is 0.343. The number of ether oxygens (including phenoxy) is 1. The van der Waals surface area contributed by atoms with Gasteiger partial charge in [0.25, 0.3) is 5.91 Å². The van der Waals surface area contributed by atoms with Crippen molar-refractivity contribution in [3.8, 4) is 0 Å². The SMILES string of the molecule is CCC[C@H]1CN(CCc2ccccn2)C[C@@H]1NC(=O)C(C)(C)OC.Cl.Cl. The van der Waals surface area contributed by atoms with Crippen LogP contribution < -0.4 is 5.32 Å². The Bertz CT molecular complexity index is 529. The normalized spacial score (nSPS) is 20.2. The van der Waals surface area contributed by atoms with E-state index in [0.717, 1.165) is 44.6 Å². The number of nitrogens with zero attached hydrogens (tertiary/aromatic N) is 2. The van der Waals surface area contributed by atoms with Gasteiger partial charge in [-0.1, -0.05) is 19.4 Å². The highest BCUT2D eigenvalue weighted by molar-refractivity contribution is 5.85. The molecule has 7 heteroatoms. The van der Waals surface area contributed by atoms with Gasteiger partial charge in [0.15, 0.2) is 0 Å². The molecule has 1 N–H and O–H groups in total. The number of nitrogens with one attached hydrogen (secondary N) is 1. The van der Waals surface area contributed by atoms with Crippen LogP contribution in [-0.4, -0.2) is 54.2 Å². The summed E-state index contributed by atoms with van der Waals surface area (Å²) in [6.07, 6.45) is 5.07. The average Bonchev–Trinajstić information content (AvgIpc) is 2.96. The van der Waals surface area contributed by atoms with Crippen LogP contribution in [0.5, 0.6) is 0 Å².